The van der Waals surface area contributed by atoms with Gasteiger partial charge in [0, 0.05) is 10.6 Å². The second-order valence-electron chi connectivity index (χ2n) is 8.77. The lowest BCUT2D eigenvalue weighted by Gasteiger charge is -2.34. The lowest BCUT2D eigenvalue weighted by molar-refractivity contribution is -0.137. The smallest absolute Gasteiger partial charge is 0.333 e. The normalized spacial score (nSPS) is 21.3. The summed E-state index contributed by atoms with van der Waals surface area (Å²) in [6.45, 7) is 3.73. The Bertz CT molecular complexity index is 1100. The second-order valence-corrected chi connectivity index (χ2v) is 9.61. The van der Waals surface area contributed by atoms with E-state index in [2.05, 4.69) is 17.6 Å². The van der Waals surface area contributed by atoms with Crippen LogP contribution in [0.25, 0.3) is 0 Å². The van der Waals surface area contributed by atoms with Crippen molar-refractivity contribution >= 4 is 40.7 Å². The SMILES string of the molecule is CCC1CCN(CC(=O)NC2(c3ccc(C(F)(F)F)cc3)C(=O)Nc3cc(Cl)cc(Cl)c32)CC1. The van der Waals surface area contributed by atoms with Crippen LogP contribution in [0.2, 0.25) is 10.0 Å². The molecular weight excluding hydrogens is 490 g/mol. The van der Waals surface area contributed by atoms with Crippen molar-refractivity contribution in [3.63, 3.8) is 0 Å². The van der Waals surface area contributed by atoms with Crippen LogP contribution in [0.5, 0.6) is 0 Å². The number of nitrogens with one attached hydrogen (secondary N) is 2. The molecule has 2 N–H and O–H groups in total. The van der Waals surface area contributed by atoms with Crippen molar-refractivity contribution < 1.29 is 22.8 Å². The third-order valence-electron chi connectivity index (χ3n) is 6.64. The number of amides is 2. The largest absolute Gasteiger partial charge is 0.416 e. The monoisotopic (exact) mass is 513 g/mol. The third-order valence-corrected chi connectivity index (χ3v) is 7.16. The molecule has 2 aliphatic rings. The number of hydrogen-bond donors (Lipinski definition) is 2. The molecule has 0 spiro atoms. The van der Waals surface area contributed by atoms with E-state index in [-0.39, 0.29) is 27.7 Å². The van der Waals surface area contributed by atoms with Crippen LogP contribution in [0.15, 0.2) is 36.4 Å². The molecule has 2 aromatic rings. The number of rotatable bonds is 5. The Hall–Kier alpha value is -2.29. The van der Waals surface area contributed by atoms with Gasteiger partial charge in [0.25, 0.3) is 5.91 Å². The van der Waals surface area contributed by atoms with Gasteiger partial charge in [-0.2, -0.15) is 13.2 Å². The molecule has 1 saturated heterocycles. The number of fused-ring (bicyclic) bond motifs is 1. The minimum absolute atomic E-state index is 0.0621. The van der Waals surface area contributed by atoms with Crippen molar-refractivity contribution in [1.82, 2.24) is 10.2 Å². The predicted octanol–water partition coefficient (Wildman–Crippen LogP) is 5.45. The maximum Gasteiger partial charge on any atom is 0.416 e. The zero-order chi connectivity index (χ0) is 24.7. The van der Waals surface area contributed by atoms with Crippen LogP contribution in [-0.2, 0) is 21.3 Å². The molecule has 182 valence electrons. The van der Waals surface area contributed by atoms with Crippen LogP contribution in [0.3, 0.4) is 0 Å². The van der Waals surface area contributed by atoms with Crippen molar-refractivity contribution in [2.75, 3.05) is 25.0 Å². The Balaban J connectivity index is 1.71. The number of benzene rings is 2. The molecule has 0 aromatic heterocycles. The van der Waals surface area contributed by atoms with Crippen molar-refractivity contribution in [2.24, 2.45) is 5.92 Å². The summed E-state index contributed by atoms with van der Waals surface area (Å²) in [5.74, 6) is -0.415. The highest BCUT2D eigenvalue weighted by atomic mass is 35.5. The zero-order valence-corrected chi connectivity index (χ0v) is 19.9. The van der Waals surface area contributed by atoms with Crippen LogP contribution in [-0.4, -0.2) is 36.3 Å². The number of hydrogen-bond acceptors (Lipinski definition) is 3. The molecule has 4 rings (SSSR count). The molecule has 0 bridgehead atoms. The summed E-state index contributed by atoms with van der Waals surface area (Å²) in [6.07, 6.45) is -1.47. The highest BCUT2D eigenvalue weighted by molar-refractivity contribution is 6.37. The number of nitrogens with zero attached hydrogens (tertiary/aromatic N) is 1. The lowest BCUT2D eigenvalue weighted by atomic mass is 9.83. The lowest BCUT2D eigenvalue weighted by Crippen LogP contribution is -2.54. The van der Waals surface area contributed by atoms with E-state index in [4.69, 9.17) is 23.2 Å². The fourth-order valence-electron chi connectivity index (χ4n) is 4.76. The first-order valence-electron chi connectivity index (χ1n) is 11.1. The van der Waals surface area contributed by atoms with Crippen LogP contribution in [0.4, 0.5) is 18.9 Å². The van der Waals surface area contributed by atoms with E-state index in [9.17, 15) is 22.8 Å². The first kappa shape index (κ1) is 24.8. The van der Waals surface area contributed by atoms with Crippen LogP contribution >= 0.6 is 23.2 Å². The molecule has 0 aliphatic carbocycles. The molecular formula is C24H24Cl2F3N3O2. The molecule has 1 fully saturated rings. The van der Waals surface area contributed by atoms with Gasteiger partial charge in [0.1, 0.15) is 0 Å². The minimum atomic E-state index is -4.54. The van der Waals surface area contributed by atoms with Crippen LogP contribution in [0.1, 0.15) is 42.9 Å². The highest BCUT2D eigenvalue weighted by Crippen LogP contribution is 2.46. The third kappa shape index (κ3) is 4.63. The average Bonchev–Trinajstić information content (AvgIpc) is 3.05. The van der Waals surface area contributed by atoms with Gasteiger partial charge in [0.05, 0.1) is 22.8 Å². The summed E-state index contributed by atoms with van der Waals surface area (Å²) in [4.78, 5) is 28.5. The number of halogens is 5. The number of alkyl halides is 3. The van der Waals surface area contributed by atoms with Gasteiger partial charge in [0.15, 0.2) is 5.54 Å². The van der Waals surface area contributed by atoms with Gasteiger partial charge in [-0.3, -0.25) is 14.5 Å². The van der Waals surface area contributed by atoms with Gasteiger partial charge < -0.3 is 10.6 Å². The average molecular weight is 514 g/mol. The number of anilines is 1. The topological polar surface area (TPSA) is 61.4 Å². The molecule has 34 heavy (non-hydrogen) atoms. The van der Waals surface area contributed by atoms with Crippen molar-refractivity contribution in [1.29, 1.82) is 0 Å². The number of carbonyl (C=O) groups is 2. The quantitative estimate of drug-likeness (QED) is 0.559. The molecule has 1 atom stereocenters. The van der Waals surface area contributed by atoms with Crippen molar-refractivity contribution in [3.05, 3.63) is 63.1 Å². The fourth-order valence-corrected chi connectivity index (χ4v) is 5.40. The van der Waals surface area contributed by atoms with Crippen molar-refractivity contribution in [2.45, 2.75) is 37.9 Å². The summed E-state index contributed by atoms with van der Waals surface area (Å²) < 4.78 is 39.4. The molecule has 0 radical (unpaired) electrons. The first-order chi connectivity index (χ1) is 16.0. The Morgan fingerprint density at radius 2 is 1.82 bits per heavy atom. The Kier molecular flexibility index (Phi) is 6.86. The molecule has 2 aromatic carbocycles. The van der Waals surface area contributed by atoms with Gasteiger partial charge in [-0.1, -0.05) is 48.7 Å². The maximum absolute atomic E-state index is 13.3. The predicted molar refractivity (Wildman–Crippen MR) is 125 cm³/mol. The summed E-state index contributed by atoms with van der Waals surface area (Å²) in [7, 11) is 0. The molecule has 5 nitrogen and oxygen atoms in total. The second kappa shape index (κ2) is 9.40. The van der Waals surface area contributed by atoms with Gasteiger partial charge >= 0.3 is 6.18 Å². The Morgan fingerprint density at radius 1 is 1.18 bits per heavy atom. The van der Waals surface area contributed by atoms with Crippen LogP contribution in [0, 0.1) is 5.92 Å². The van der Waals surface area contributed by atoms with E-state index in [1.165, 1.54) is 24.3 Å². The van der Waals surface area contributed by atoms with Crippen LogP contribution < -0.4 is 10.6 Å². The van der Waals surface area contributed by atoms with Gasteiger partial charge in [0.2, 0.25) is 5.91 Å². The Labute approximate surface area is 205 Å². The highest BCUT2D eigenvalue weighted by Gasteiger charge is 2.51. The molecule has 0 saturated carbocycles. The molecule has 2 aliphatic heterocycles. The van der Waals surface area contributed by atoms with E-state index in [0.29, 0.717) is 11.6 Å². The van der Waals surface area contributed by atoms with Gasteiger partial charge in [-0.05, 0) is 61.7 Å². The zero-order valence-electron chi connectivity index (χ0n) is 18.4. The fraction of sp³-hybridized carbons (Fsp3) is 0.417. The maximum atomic E-state index is 13.3. The summed E-state index contributed by atoms with van der Waals surface area (Å²) in [6, 6.07) is 7.07. The van der Waals surface area contributed by atoms with E-state index in [1.54, 1.807) is 0 Å². The standard InChI is InChI=1S/C24H24Cl2F3N3O2/c1-2-14-7-9-32(10-8-14)13-20(33)31-23(15-3-5-16(6-4-15)24(27,28)29)21-18(26)11-17(25)12-19(21)30-22(23)34/h3-6,11-12,14H,2,7-10,13H2,1H3,(H,30,34)(H,31,33). The molecule has 2 amide bonds. The molecule has 2 heterocycles. The van der Waals surface area contributed by atoms with Gasteiger partial charge in [-0.15, -0.1) is 0 Å². The number of likely N-dealkylation sites (tertiary alicyclic amines) is 1. The summed E-state index contributed by atoms with van der Waals surface area (Å²) in [5, 5.41) is 5.87. The number of carbonyl (C=O) groups excluding carboxylic acids is 2. The molecule has 1 unspecified atom stereocenters. The van der Waals surface area contributed by atoms with Gasteiger partial charge in [-0.25, -0.2) is 0 Å². The van der Waals surface area contributed by atoms with Crippen molar-refractivity contribution in [3.8, 4) is 0 Å². The first-order valence-corrected chi connectivity index (χ1v) is 11.8. The molecule has 10 heteroatoms. The summed E-state index contributed by atoms with van der Waals surface area (Å²) in [5.41, 5.74) is -1.94. The minimum Gasteiger partial charge on any atom is -0.333 e. The summed E-state index contributed by atoms with van der Waals surface area (Å²) >= 11 is 12.6. The number of piperidine rings is 1. The Morgan fingerprint density at radius 3 is 2.41 bits per heavy atom. The van der Waals surface area contributed by atoms with E-state index in [1.807, 2.05) is 4.90 Å². The van der Waals surface area contributed by atoms with E-state index < -0.39 is 29.1 Å². The van der Waals surface area contributed by atoms with E-state index >= 15 is 0 Å². The van der Waals surface area contributed by atoms with E-state index in [0.717, 1.165) is 44.5 Å².